The highest BCUT2D eigenvalue weighted by Crippen LogP contribution is 2.22. The van der Waals surface area contributed by atoms with Crippen LogP contribution >= 0.6 is 0 Å². The second kappa shape index (κ2) is 7.07. The fourth-order valence-corrected chi connectivity index (χ4v) is 2.48. The number of rotatable bonds is 6. The van der Waals surface area contributed by atoms with Crippen molar-refractivity contribution in [3.8, 4) is 0 Å². The summed E-state index contributed by atoms with van der Waals surface area (Å²) in [6.45, 7) is 4.22. The number of nitrogens with one attached hydrogen (secondary N) is 2. The molecule has 1 aromatic heterocycles. The molecule has 112 valence electrons. The molecule has 4 nitrogen and oxygen atoms in total. The number of fused-ring (bicyclic) bond motifs is 1. The molecular weight excluding hydrogens is 262 g/mol. The standard InChI is InChI=1S/C17H23N3O/c1-4-8-12(5-2)19-17(21)16-11-15(18-3)13-9-6-7-10-14(13)20-16/h6-7,9-12H,4-5,8H2,1-3H3,(H,18,20)(H,19,21). The van der Waals surface area contributed by atoms with E-state index in [0.717, 1.165) is 35.9 Å². The molecule has 2 aromatic rings. The van der Waals surface area contributed by atoms with Gasteiger partial charge < -0.3 is 10.6 Å². The van der Waals surface area contributed by atoms with E-state index in [1.807, 2.05) is 37.4 Å². The first-order valence-corrected chi connectivity index (χ1v) is 7.58. The third-order valence-corrected chi connectivity index (χ3v) is 3.68. The van der Waals surface area contributed by atoms with Gasteiger partial charge in [0.15, 0.2) is 0 Å². The Morgan fingerprint density at radius 2 is 2.05 bits per heavy atom. The van der Waals surface area contributed by atoms with Crippen molar-refractivity contribution in [3.63, 3.8) is 0 Å². The molecule has 1 aromatic carbocycles. The first kappa shape index (κ1) is 15.3. The van der Waals surface area contributed by atoms with Gasteiger partial charge in [-0.2, -0.15) is 0 Å². The number of pyridine rings is 1. The molecule has 0 radical (unpaired) electrons. The summed E-state index contributed by atoms with van der Waals surface area (Å²) in [7, 11) is 1.86. The van der Waals surface area contributed by atoms with Crippen LogP contribution in [0.25, 0.3) is 10.9 Å². The van der Waals surface area contributed by atoms with Gasteiger partial charge in [-0.15, -0.1) is 0 Å². The van der Waals surface area contributed by atoms with E-state index in [2.05, 4.69) is 29.5 Å². The first-order chi connectivity index (χ1) is 10.2. The summed E-state index contributed by atoms with van der Waals surface area (Å²) < 4.78 is 0. The van der Waals surface area contributed by atoms with E-state index in [9.17, 15) is 4.79 Å². The zero-order valence-electron chi connectivity index (χ0n) is 12.9. The predicted octanol–water partition coefficient (Wildman–Crippen LogP) is 3.59. The van der Waals surface area contributed by atoms with E-state index in [1.54, 1.807) is 0 Å². The lowest BCUT2D eigenvalue weighted by molar-refractivity contribution is 0.0929. The third-order valence-electron chi connectivity index (χ3n) is 3.68. The van der Waals surface area contributed by atoms with E-state index in [0.29, 0.717) is 5.69 Å². The van der Waals surface area contributed by atoms with Crippen LogP contribution in [0, 0.1) is 0 Å². The average molecular weight is 285 g/mol. The number of aromatic nitrogens is 1. The summed E-state index contributed by atoms with van der Waals surface area (Å²) in [5.41, 5.74) is 2.22. The third kappa shape index (κ3) is 3.51. The maximum atomic E-state index is 12.4. The lowest BCUT2D eigenvalue weighted by atomic mass is 10.1. The lowest BCUT2D eigenvalue weighted by Crippen LogP contribution is -2.34. The van der Waals surface area contributed by atoms with Gasteiger partial charge in [-0.1, -0.05) is 38.5 Å². The van der Waals surface area contributed by atoms with Crippen LogP contribution in [0.1, 0.15) is 43.6 Å². The number of carbonyl (C=O) groups is 1. The molecule has 21 heavy (non-hydrogen) atoms. The second-order valence-electron chi connectivity index (χ2n) is 5.19. The van der Waals surface area contributed by atoms with E-state index in [1.165, 1.54) is 0 Å². The number of anilines is 1. The lowest BCUT2D eigenvalue weighted by Gasteiger charge is -2.16. The van der Waals surface area contributed by atoms with Crippen LogP contribution in [-0.2, 0) is 0 Å². The monoisotopic (exact) mass is 285 g/mol. The molecule has 1 heterocycles. The molecule has 2 N–H and O–H groups in total. The Bertz CT molecular complexity index is 624. The molecule has 1 amide bonds. The molecule has 1 atom stereocenters. The van der Waals surface area contributed by atoms with Crippen molar-refractivity contribution in [1.82, 2.24) is 10.3 Å². The van der Waals surface area contributed by atoms with Crippen molar-refractivity contribution in [2.45, 2.75) is 39.2 Å². The molecule has 0 spiro atoms. The number of amides is 1. The van der Waals surface area contributed by atoms with Gasteiger partial charge in [-0.3, -0.25) is 4.79 Å². The van der Waals surface area contributed by atoms with Crippen molar-refractivity contribution >= 4 is 22.5 Å². The minimum absolute atomic E-state index is 0.0995. The predicted molar refractivity (Wildman–Crippen MR) is 87.7 cm³/mol. The molecule has 0 fully saturated rings. The molecule has 0 saturated carbocycles. The van der Waals surface area contributed by atoms with Crippen molar-refractivity contribution in [1.29, 1.82) is 0 Å². The van der Waals surface area contributed by atoms with Crippen molar-refractivity contribution in [3.05, 3.63) is 36.0 Å². The topological polar surface area (TPSA) is 54.0 Å². The fourth-order valence-electron chi connectivity index (χ4n) is 2.48. The summed E-state index contributed by atoms with van der Waals surface area (Å²) in [6, 6.07) is 9.87. The molecule has 0 aliphatic rings. The van der Waals surface area contributed by atoms with Gasteiger partial charge in [0, 0.05) is 24.2 Å². The minimum atomic E-state index is -0.0995. The van der Waals surface area contributed by atoms with Crippen LogP contribution in [0.5, 0.6) is 0 Å². The SMILES string of the molecule is CCCC(CC)NC(=O)c1cc(NC)c2ccccc2n1. The summed E-state index contributed by atoms with van der Waals surface area (Å²) in [4.78, 5) is 16.9. The highest BCUT2D eigenvalue weighted by atomic mass is 16.1. The molecule has 0 bridgehead atoms. The maximum absolute atomic E-state index is 12.4. The molecule has 2 rings (SSSR count). The van der Waals surface area contributed by atoms with Gasteiger partial charge in [0.05, 0.1) is 5.52 Å². The summed E-state index contributed by atoms with van der Waals surface area (Å²) in [6.07, 6.45) is 2.99. The van der Waals surface area contributed by atoms with Crippen molar-refractivity contribution in [2.24, 2.45) is 0 Å². The highest BCUT2D eigenvalue weighted by Gasteiger charge is 2.14. The smallest absolute Gasteiger partial charge is 0.270 e. The summed E-state index contributed by atoms with van der Waals surface area (Å²) in [5.74, 6) is -0.0995. The number of hydrogen-bond donors (Lipinski definition) is 2. The van der Waals surface area contributed by atoms with E-state index in [4.69, 9.17) is 0 Å². The average Bonchev–Trinajstić information content (AvgIpc) is 2.53. The zero-order valence-corrected chi connectivity index (χ0v) is 12.9. The number of benzene rings is 1. The normalized spacial score (nSPS) is 12.1. The highest BCUT2D eigenvalue weighted by molar-refractivity contribution is 5.99. The van der Waals surface area contributed by atoms with Crippen LogP contribution in [0.3, 0.4) is 0 Å². The van der Waals surface area contributed by atoms with Crippen LogP contribution < -0.4 is 10.6 Å². The van der Waals surface area contributed by atoms with Gasteiger partial charge in [-0.05, 0) is 25.0 Å². The molecule has 0 saturated heterocycles. The number of para-hydroxylation sites is 1. The van der Waals surface area contributed by atoms with E-state index in [-0.39, 0.29) is 11.9 Å². The minimum Gasteiger partial charge on any atom is -0.388 e. The Balaban J connectivity index is 2.31. The zero-order chi connectivity index (χ0) is 15.2. The molecule has 0 aliphatic carbocycles. The summed E-state index contributed by atoms with van der Waals surface area (Å²) >= 11 is 0. The Morgan fingerprint density at radius 1 is 1.29 bits per heavy atom. The maximum Gasteiger partial charge on any atom is 0.270 e. The van der Waals surface area contributed by atoms with Gasteiger partial charge in [0.1, 0.15) is 5.69 Å². The van der Waals surface area contributed by atoms with Crippen LogP contribution in [0.2, 0.25) is 0 Å². The summed E-state index contributed by atoms with van der Waals surface area (Å²) in [5, 5.41) is 7.23. The largest absolute Gasteiger partial charge is 0.388 e. The van der Waals surface area contributed by atoms with Gasteiger partial charge >= 0.3 is 0 Å². The van der Waals surface area contributed by atoms with E-state index >= 15 is 0 Å². The Morgan fingerprint density at radius 3 is 2.71 bits per heavy atom. The number of hydrogen-bond acceptors (Lipinski definition) is 3. The fraction of sp³-hybridized carbons (Fsp3) is 0.412. The quantitative estimate of drug-likeness (QED) is 0.853. The van der Waals surface area contributed by atoms with Crippen LogP contribution in [0.15, 0.2) is 30.3 Å². The van der Waals surface area contributed by atoms with Gasteiger partial charge in [0.2, 0.25) is 0 Å². The number of nitrogens with zero attached hydrogens (tertiary/aromatic N) is 1. The van der Waals surface area contributed by atoms with Crippen LogP contribution in [-0.4, -0.2) is 24.0 Å². The Hall–Kier alpha value is -2.10. The Labute approximate surface area is 126 Å². The van der Waals surface area contributed by atoms with Crippen molar-refractivity contribution in [2.75, 3.05) is 12.4 Å². The second-order valence-corrected chi connectivity index (χ2v) is 5.19. The molecule has 4 heteroatoms. The number of carbonyl (C=O) groups excluding carboxylic acids is 1. The van der Waals surface area contributed by atoms with Crippen LogP contribution in [0.4, 0.5) is 5.69 Å². The molecule has 0 aliphatic heterocycles. The van der Waals surface area contributed by atoms with Crippen molar-refractivity contribution < 1.29 is 4.79 Å². The molecular formula is C17H23N3O. The van der Waals surface area contributed by atoms with E-state index < -0.39 is 0 Å². The van der Waals surface area contributed by atoms with Gasteiger partial charge in [-0.25, -0.2) is 4.98 Å². The first-order valence-electron chi connectivity index (χ1n) is 7.58. The van der Waals surface area contributed by atoms with Gasteiger partial charge in [0.25, 0.3) is 5.91 Å². The Kier molecular flexibility index (Phi) is 5.14. The molecule has 1 unspecified atom stereocenters.